The number of hydrogen-bond donors (Lipinski definition) is 0. The maximum absolute atomic E-state index is 11.5. The first kappa shape index (κ1) is 14.0. The summed E-state index contributed by atoms with van der Waals surface area (Å²) in [6.45, 7) is 1.52. The number of aliphatic imine (C=N–C) groups is 2. The Bertz CT molecular complexity index is 629. The second kappa shape index (κ2) is 5.48. The quantitative estimate of drug-likeness (QED) is 0.464. The van der Waals surface area contributed by atoms with Crippen molar-refractivity contribution in [3.05, 3.63) is 17.7 Å². The Kier molecular flexibility index (Phi) is 4.25. The van der Waals surface area contributed by atoms with E-state index in [2.05, 4.69) is 14.2 Å². The molecule has 0 bridgehead atoms. The van der Waals surface area contributed by atoms with Gasteiger partial charge in [0.15, 0.2) is 0 Å². The van der Waals surface area contributed by atoms with E-state index in [0.29, 0.717) is 5.56 Å². The SMILES string of the molecule is COS(=O)(=O)c1cc(N=C=O)c(C)c(N=C=O)c1. The highest BCUT2D eigenvalue weighted by molar-refractivity contribution is 7.86. The van der Waals surface area contributed by atoms with Gasteiger partial charge in [-0.2, -0.15) is 18.4 Å². The second-order valence-electron chi connectivity index (χ2n) is 3.11. The Morgan fingerprint density at radius 2 is 1.56 bits per heavy atom. The van der Waals surface area contributed by atoms with Crippen molar-refractivity contribution in [3.63, 3.8) is 0 Å². The predicted molar refractivity (Wildman–Crippen MR) is 60.9 cm³/mol. The van der Waals surface area contributed by atoms with Crippen LogP contribution in [-0.2, 0) is 23.9 Å². The van der Waals surface area contributed by atoms with Crippen molar-refractivity contribution in [2.24, 2.45) is 9.98 Å². The highest BCUT2D eigenvalue weighted by atomic mass is 32.2. The topological polar surface area (TPSA) is 102 Å². The molecule has 1 rings (SSSR count). The molecule has 18 heavy (non-hydrogen) atoms. The van der Waals surface area contributed by atoms with Crippen LogP contribution >= 0.6 is 0 Å². The number of rotatable bonds is 4. The largest absolute Gasteiger partial charge is 0.296 e. The Labute approximate surface area is 103 Å². The standard InChI is InChI=1S/C10H8N2O5S/c1-7-9(11-5-13)3-8(18(15,16)17-2)4-10(7)12-6-14/h3-4H,1-2H3. The lowest BCUT2D eigenvalue weighted by Gasteiger charge is -2.06. The molecule has 0 radical (unpaired) electrons. The van der Waals surface area contributed by atoms with Gasteiger partial charge in [-0.05, 0) is 19.1 Å². The van der Waals surface area contributed by atoms with Gasteiger partial charge in [-0.15, -0.1) is 0 Å². The van der Waals surface area contributed by atoms with Crippen LogP contribution in [0.1, 0.15) is 5.56 Å². The summed E-state index contributed by atoms with van der Waals surface area (Å²) in [6.07, 6.45) is 2.58. The van der Waals surface area contributed by atoms with Crippen LogP contribution in [0.3, 0.4) is 0 Å². The Morgan fingerprint density at radius 3 is 1.89 bits per heavy atom. The van der Waals surface area contributed by atoms with Crippen molar-refractivity contribution in [2.45, 2.75) is 11.8 Å². The van der Waals surface area contributed by atoms with Gasteiger partial charge in [-0.1, -0.05) is 0 Å². The molecule has 0 aromatic heterocycles. The molecule has 0 heterocycles. The molecule has 0 fully saturated rings. The molecule has 1 aromatic carbocycles. The fraction of sp³-hybridized carbons (Fsp3) is 0.200. The molecule has 0 unspecified atom stereocenters. The van der Waals surface area contributed by atoms with Gasteiger partial charge in [-0.25, -0.2) is 9.59 Å². The van der Waals surface area contributed by atoms with E-state index in [4.69, 9.17) is 0 Å². The molecule has 0 aliphatic heterocycles. The lowest BCUT2D eigenvalue weighted by molar-refractivity contribution is 0.398. The molecular weight excluding hydrogens is 260 g/mol. The molecule has 0 atom stereocenters. The molecule has 0 saturated carbocycles. The summed E-state index contributed by atoms with van der Waals surface area (Å²) in [5.74, 6) is 0. The number of nitrogens with zero attached hydrogens (tertiary/aromatic N) is 2. The van der Waals surface area contributed by atoms with Crippen LogP contribution in [0.15, 0.2) is 27.0 Å². The van der Waals surface area contributed by atoms with E-state index >= 15 is 0 Å². The van der Waals surface area contributed by atoms with Crippen molar-refractivity contribution in [1.29, 1.82) is 0 Å². The molecule has 0 aliphatic carbocycles. The minimum atomic E-state index is -3.98. The fourth-order valence-electron chi connectivity index (χ4n) is 1.23. The zero-order chi connectivity index (χ0) is 13.8. The van der Waals surface area contributed by atoms with Crippen molar-refractivity contribution in [2.75, 3.05) is 7.11 Å². The average molecular weight is 268 g/mol. The number of isocyanates is 2. The first-order valence-electron chi connectivity index (χ1n) is 4.57. The molecule has 0 aliphatic rings. The molecule has 0 amide bonds. The summed E-state index contributed by atoms with van der Waals surface area (Å²) in [5.41, 5.74) is 0.436. The summed E-state index contributed by atoms with van der Waals surface area (Å²) >= 11 is 0. The normalized spacial score (nSPS) is 10.3. The first-order chi connectivity index (χ1) is 8.46. The molecular formula is C10H8N2O5S. The molecule has 94 valence electrons. The van der Waals surface area contributed by atoms with E-state index in [9.17, 15) is 18.0 Å². The highest BCUT2D eigenvalue weighted by Crippen LogP contribution is 2.32. The molecule has 8 heteroatoms. The van der Waals surface area contributed by atoms with Crippen molar-refractivity contribution in [3.8, 4) is 0 Å². The smallest absolute Gasteiger partial charge is 0.270 e. The van der Waals surface area contributed by atoms with Crippen molar-refractivity contribution >= 4 is 33.7 Å². The van der Waals surface area contributed by atoms with Gasteiger partial charge < -0.3 is 0 Å². The van der Waals surface area contributed by atoms with Gasteiger partial charge in [0.25, 0.3) is 10.1 Å². The van der Waals surface area contributed by atoms with E-state index < -0.39 is 10.1 Å². The monoisotopic (exact) mass is 268 g/mol. The van der Waals surface area contributed by atoms with E-state index in [-0.39, 0.29) is 16.3 Å². The molecule has 0 spiro atoms. The number of hydrogen-bond acceptors (Lipinski definition) is 7. The molecule has 7 nitrogen and oxygen atoms in total. The molecule has 0 N–H and O–H groups in total. The Balaban J connectivity index is 3.67. The van der Waals surface area contributed by atoms with Gasteiger partial charge in [0, 0.05) is 5.56 Å². The number of benzene rings is 1. The van der Waals surface area contributed by atoms with Crippen molar-refractivity contribution in [1.82, 2.24) is 0 Å². The van der Waals surface area contributed by atoms with E-state index in [1.54, 1.807) is 0 Å². The maximum Gasteiger partial charge on any atom is 0.296 e. The van der Waals surface area contributed by atoms with Crippen LogP contribution in [0.4, 0.5) is 11.4 Å². The lowest BCUT2D eigenvalue weighted by Crippen LogP contribution is -2.02. The van der Waals surface area contributed by atoms with Crippen LogP contribution in [0.2, 0.25) is 0 Å². The third kappa shape index (κ3) is 2.77. The fourth-order valence-corrected chi connectivity index (χ4v) is 1.93. The minimum Gasteiger partial charge on any atom is -0.270 e. The van der Waals surface area contributed by atoms with Gasteiger partial charge in [0.05, 0.1) is 23.4 Å². The highest BCUT2D eigenvalue weighted by Gasteiger charge is 2.17. The van der Waals surface area contributed by atoms with E-state index in [1.165, 1.54) is 19.1 Å². The van der Waals surface area contributed by atoms with Gasteiger partial charge in [0.1, 0.15) is 0 Å². The van der Waals surface area contributed by atoms with Crippen LogP contribution in [0.5, 0.6) is 0 Å². The summed E-state index contributed by atoms with van der Waals surface area (Å²) in [6, 6.07) is 2.26. The Morgan fingerprint density at radius 1 is 1.11 bits per heavy atom. The van der Waals surface area contributed by atoms with Crippen LogP contribution < -0.4 is 0 Å². The van der Waals surface area contributed by atoms with E-state index in [1.807, 2.05) is 0 Å². The number of carbonyl (C=O) groups excluding carboxylic acids is 2. The molecule has 1 aromatic rings. The van der Waals surface area contributed by atoms with Gasteiger partial charge in [-0.3, -0.25) is 4.18 Å². The summed E-state index contributed by atoms with van der Waals surface area (Å²) < 4.78 is 27.4. The predicted octanol–water partition coefficient (Wildman–Crippen LogP) is 1.26. The van der Waals surface area contributed by atoms with Crippen LogP contribution in [0.25, 0.3) is 0 Å². The first-order valence-corrected chi connectivity index (χ1v) is 5.98. The summed E-state index contributed by atoms with van der Waals surface area (Å²) in [7, 11) is -2.99. The third-order valence-electron chi connectivity index (χ3n) is 2.17. The van der Waals surface area contributed by atoms with Crippen LogP contribution in [-0.4, -0.2) is 27.7 Å². The lowest BCUT2D eigenvalue weighted by atomic mass is 10.1. The summed E-state index contributed by atoms with van der Waals surface area (Å²) in [5, 5.41) is 0. The third-order valence-corrected chi connectivity index (χ3v) is 3.42. The second-order valence-corrected chi connectivity index (χ2v) is 4.83. The summed E-state index contributed by atoms with van der Waals surface area (Å²) in [4.78, 5) is 26.9. The zero-order valence-corrected chi connectivity index (χ0v) is 10.3. The maximum atomic E-state index is 11.5. The molecule has 0 saturated heterocycles. The minimum absolute atomic E-state index is 0.0390. The zero-order valence-electron chi connectivity index (χ0n) is 9.50. The van der Waals surface area contributed by atoms with Gasteiger partial charge >= 0.3 is 0 Å². The van der Waals surface area contributed by atoms with Gasteiger partial charge in [0.2, 0.25) is 12.2 Å². The van der Waals surface area contributed by atoms with Crippen LogP contribution in [0, 0.1) is 6.92 Å². The van der Waals surface area contributed by atoms with Crippen molar-refractivity contribution < 1.29 is 22.2 Å². The average Bonchev–Trinajstić information content (AvgIpc) is 2.34. The van der Waals surface area contributed by atoms with E-state index in [0.717, 1.165) is 19.2 Å². The Hall–Kier alpha value is -2.11.